The number of rotatable bonds is 4. The first kappa shape index (κ1) is 18.1. The van der Waals surface area contributed by atoms with Crippen molar-refractivity contribution in [2.24, 2.45) is 0 Å². The first-order chi connectivity index (χ1) is 12.9. The van der Waals surface area contributed by atoms with E-state index < -0.39 is 11.5 Å². The Morgan fingerprint density at radius 3 is 2.56 bits per heavy atom. The molecule has 1 amide bonds. The molecule has 0 aliphatic carbocycles. The number of hydrogen-bond donors (Lipinski definition) is 1. The Labute approximate surface area is 155 Å². The van der Waals surface area contributed by atoms with Gasteiger partial charge in [-0.15, -0.1) is 0 Å². The highest BCUT2D eigenvalue weighted by molar-refractivity contribution is 5.90. The molecule has 3 aromatic rings. The lowest BCUT2D eigenvalue weighted by Gasteiger charge is -2.11. The summed E-state index contributed by atoms with van der Waals surface area (Å²) in [5.41, 5.74) is 2.02. The maximum absolute atomic E-state index is 12.5. The lowest BCUT2D eigenvalue weighted by molar-refractivity contribution is -0.117. The van der Waals surface area contributed by atoms with Gasteiger partial charge in [-0.25, -0.2) is 9.36 Å². The van der Waals surface area contributed by atoms with Crippen LogP contribution in [0.2, 0.25) is 0 Å². The maximum atomic E-state index is 12.5. The zero-order valence-corrected chi connectivity index (χ0v) is 15.2. The van der Waals surface area contributed by atoms with Gasteiger partial charge in [0.15, 0.2) is 0 Å². The Kier molecular flexibility index (Phi) is 4.86. The standard InChI is InChI=1S/C19H18N6O2/c1-12-9-17(25(22-12)15-7-5-4-6-8-15)21-18(26)11-24-19(27)16(10-20)13(2)14(3)23-24/h4-9H,11H2,1-3H3,(H,21,26). The molecule has 3 rings (SSSR count). The Balaban J connectivity index is 1.88. The number of aromatic nitrogens is 4. The van der Waals surface area contributed by atoms with E-state index in [1.807, 2.05) is 43.3 Å². The fourth-order valence-corrected chi connectivity index (χ4v) is 2.68. The van der Waals surface area contributed by atoms with Crippen LogP contribution >= 0.6 is 0 Å². The fourth-order valence-electron chi connectivity index (χ4n) is 2.68. The van der Waals surface area contributed by atoms with Gasteiger partial charge in [0.2, 0.25) is 5.91 Å². The minimum Gasteiger partial charge on any atom is -0.309 e. The molecule has 2 heterocycles. The average Bonchev–Trinajstić information content (AvgIpc) is 3.01. The third-order valence-corrected chi connectivity index (χ3v) is 4.14. The van der Waals surface area contributed by atoms with Gasteiger partial charge in [-0.3, -0.25) is 9.59 Å². The average molecular weight is 362 g/mol. The number of amides is 1. The van der Waals surface area contributed by atoms with Gasteiger partial charge in [-0.2, -0.15) is 15.5 Å². The van der Waals surface area contributed by atoms with Crippen LogP contribution in [0.3, 0.4) is 0 Å². The molecule has 0 bridgehead atoms. The summed E-state index contributed by atoms with van der Waals surface area (Å²) in [6.45, 7) is 4.88. The summed E-state index contributed by atoms with van der Waals surface area (Å²) in [5, 5.41) is 20.4. The number of benzene rings is 1. The van der Waals surface area contributed by atoms with Gasteiger partial charge in [-0.1, -0.05) is 18.2 Å². The van der Waals surface area contributed by atoms with Crippen LogP contribution in [0.5, 0.6) is 0 Å². The minimum absolute atomic E-state index is 0.000437. The molecule has 0 aliphatic heterocycles. The van der Waals surface area contributed by atoms with Crippen molar-refractivity contribution in [3.63, 3.8) is 0 Å². The van der Waals surface area contributed by atoms with Crippen molar-refractivity contribution < 1.29 is 4.79 Å². The van der Waals surface area contributed by atoms with E-state index in [1.54, 1.807) is 24.6 Å². The second-order valence-corrected chi connectivity index (χ2v) is 6.13. The topological polar surface area (TPSA) is 106 Å². The lowest BCUT2D eigenvalue weighted by Crippen LogP contribution is -2.32. The van der Waals surface area contributed by atoms with Gasteiger partial charge in [0.1, 0.15) is 24.0 Å². The third-order valence-electron chi connectivity index (χ3n) is 4.14. The Hall–Kier alpha value is -3.73. The molecule has 0 spiro atoms. The van der Waals surface area contributed by atoms with E-state index >= 15 is 0 Å². The third kappa shape index (κ3) is 3.62. The van der Waals surface area contributed by atoms with E-state index in [1.165, 1.54) is 0 Å². The largest absolute Gasteiger partial charge is 0.309 e. The first-order valence-electron chi connectivity index (χ1n) is 8.31. The summed E-state index contributed by atoms with van der Waals surface area (Å²) in [5.74, 6) is 0.0508. The predicted octanol–water partition coefficient (Wildman–Crippen LogP) is 1.86. The van der Waals surface area contributed by atoms with Crippen LogP contribution in [-0.4, -0.2) is 25.5 Å². The molecule has 0 atom stereocenters. The maximum Gasteiger partial charge on any atom is 0.285 e. The number of hydrogen-bond acceptors (Lipinski definition) is 5. The van der Waals surface area contributed by atoms with E-state index in [4.69, 9.17) is 0 Å². The van der Waals surface area contributed by atoms with Crippen molar-refractivity contribution in [2.75, 3.05) is 5.32 Å². The van der Waals surface area contributed by atoms with E-state index in [0.717, 1.165) is 16.1 Å². The number of para-hydroxylation sites is 1. The Bertz CT molecular complexity index is 1110. The van der Waals surface area contributed by atoms with Gasteiger partial charge in [0, 0.05) is 6.07 Å². The fraction of sp³-hybridized carbons (Fsp3) is 0.211. The van der Waals surface area contributed by atoms with Crippen LogP contribution in [0, 0.1) is 32.1 Å². The molecule has 8 heteroatoms. The molecule has 0 radical (unpaired) electrons. The molecule has 0 saturated heterocycles. The number of nitrogens with zero attached hydrogens (tertiary/aromatic N) is 5. The molecule has 8 nitrogen and oxygen atoms in total. The van der Waals surface area contributed by atoms with Crippen LogP contribution in [0.25, 0.3) is 5.69 Å². The van der Waals surface area contributed by atoms with Gasteiger partial charge in [0.25, 0.3) is 5.56 Å². The molecule has 0 aliphatic rings. The van der Waals surface area contributed by atoms with Crippen molar-refractivity contribution in [3.05, 3.63) is 69.3 Å². The predicted molar refractivity (Wildman–Crippen MR) is 99.6 cm³/mol. The molecule has 27 heavy (non-hydrogen) atoms. The normalized spacial score (nSPS) is 10.4. The summed E-state index contributed by atoms with van der Waals surface area (Å²) >= 11 is 0. The zero-order chi connectivity index (χ0) is 19.6. The Morgan fingerprint density at radius 2 is 1.89 bits per heavy atom. The molecule has 0 saturated carbocycles. The van der Waals surface area contributed by atoms with E-state index in [2.05, 4.69) is 15.5 Å². The molecule has 0 fully saturated rings. The summed E-state index contributed by atoms with van der Waals surface area (Å²) < 4.78 is 2.62. The highest BCUT2D eigenvalue weighted by atomic mass is 16.2. The SMILES string of the molecule is Cc1cc(NC(=O)Cn2nc(C)c(C)c(C#N)c2=O)n(-c2ccccc2)n1. The van der Waals surface area contributed by atoms with E-state index in [-0.39, 0.29) is 12.1 Å². The summed E-state index contributed by atoms with van der Waals surface area (Å²) in [6, 6.07) is 13.0. The van der Waals surface area contributed by atoms with Gasteiger partial charge in [-0.05, 0) is 38.5 Å². The number of carbonyl (C=O) groups is 1. The second-order valence-electron chi connectivity index (χ2n) is 6.13. The lowest BCUT2D eigenvalue weighted by atomic mass is 10.1. The van der Waals surface area contributed by atoms with Gasteiger partial charge >= 0.3 is 0 Å². The van der Waals surface area contributed by atoms with Crippen molar-refractivity contribution in [1.29, 1.82) is 5.26 Å². The van der Waals surface area contributed by atoms with Gasteiger partial charge < -0.3 is 5.32 Å². The van der Waals surface area contributed by atoms with Crippen LogP contribution in [0.1, 0.15) is 22.5 Å². The molecule has 1 N–H and O–H groups in total. The second kappa shape index (κ2) is 7.25. The smallest absolute Gasteiger partial charge is 0.285 e. The molecular weight excluding hydrogens is 344 g/mol. The summed E-state index contributed by atoms with van der Waals surface area (Å²) in [7, 11) is 0. The van der Waals surface area contributed by atoms with Crippen molar-refractivity contribution in [1.82, 2.24) is 19.6 Å². The van der Waals surface area contributed by atoms with Crippen LogP contribution in [0.4, 0.5) is 5.82 Å². The van der Waals surface area contributed by atoms with Crippen molar-refractivity contribution >= 4 is 11.7 Å². The van der Waals surface area contributed by atoms with Gasteiger partial charge in [0.05, 0.1) is 17.1 Å². The van der Waals surface area contributed by atoms with E-state index in [0.29, 0.717) is 17.1 Å². The number of aryl methyl sites for hydroxylation is 2. The zero-order valence-electron chi connectivity index (χ0n) is 15.2. The monoisotopic (exact) mass is 362 g/mol. The van der Waals surface area contributed by atoms with Crippen LogP contribution < -0.4 is 10.9 Å². The quantitative estimate of drug-likeness (QED) is 0.763. The molecule has 136 valence electrons. The van der Waals surface area contributed by atoms with Crippen molar-refractivity contribution in [2.45, 2.75) is 27.3 Å². The first-order valence-corrected chi connectivity index (χ1v) is 8.31. The molecular formula is C19H18N6O2. The highest BCUT2D eigenvalue weighted by Gasteiger charge is 2.16. The van der Waals surface area contributed by atoms with Crippen LogP contribution in [-0.2, 0) is 11.3 Å². The van der Waals surface area contributed by atoms with Crippen LogP contribution in [0.15, 0.2) is 41.2 Å². The minimum atomic E-state index is -0.580. The number of nitriles is 1. The molecule has 2 aromatic heterocycles. The number of carbonyl (C=O) groups excluding carboxylic acids is 1. The number of anilines is 1. The highest BCUT2D eigenvalue weighted by Crippen LogP contribution is 2.16. The number of nitrogens with one attached hydrogen (secondary N) is 1. The van der Waals surface area contributed by atoms with E-state index in [9.17, 15) is 14.9 Å². The summed E-state index contributed by atoms with van der Waals surface area (Å²) in [4.78, 5) is 24.8. The molecule has 1 aromatic carbocycles. The molecule has 0 unspecified atom stereocenters. The van der Waals surface area contributed by atoms with Crippen molar-refractivity contribution in [3.8, 4) is 11.8 Å². The summed E-state index contributed by atoms with van der Waals surface area (Å²) in [6.07, 6.45) is 0. The Morgan fingerprint density at radius 1 is 1.19 bits per heavy atom.